The molecular weight excluding hydrogens is 388 g/mol. The number of hydrogen-bond donors (Lipinski definition) is 3. The van der Waals surface area contributed by atoms with Gasteiger partial charge in [-0.25, -0.2) is 0 Å². The molecule has 30 heavy (non-hydrogen) atoms. The fourth-order valence-electron chi connectivity index (χ4n) is 3.59. The summed E-state index contributed by atoms with van der Waals surface area (Å²) in [6.45, 7) is 0.579. The summed E-state index contributed by atoms with van der Waals surface area (Å²) < 4.78 is 5.24. The van der Waals surface area contributed by atoms with Crippen molar-refractivity contribution >= 4 is 29.7 Å². The number of furan rings is 1. The monoisotopic (exact) mass is 412 g/mol. The predicted octanol–water partition coefficient (Wildman–Crippen LogP) is 2.04. The van der Waals surface area contributed by atoms with Gasteiger partial charge in [0, 0.05) is 24.6 Å². The normalized spacial score (nSPS) is 17.8. The second-order valence-corrected chi connectivity index (χ2v) is 7.14. The zero-order valence-corrected chi connectivity index (χ0v) is 16.4. The summed E-state index contributed by atoms with van der Waals surface area (Å²) in [6.07, 6.45) is 4.00. The fourth-order valence-corrected chi connectivity index (χ4v) is 3.59. The predicted molar refractivity (Wildman–Crippen MR) is 110 cm³/mol. The van der Waals surface area contributed by atoms with E-state index in [0.717, 1.165) is 17.7 Å². The molecule has 0 saturated carbocycles. The van der Waals surface area contributed by atoms with Crippen LogP contribution in [-0.4, -0.2) is 35.6 Å². The minimum Gasteiger partial charge on any atom is -0.481 e. The van der Waals surface area contributed by atoms with Gasteiger partial charge in [-0.15, -0.1) is 0 Å². The summed E-state index contributed by atoms with van der Waals surface area (Å²) in [5, 5.41) is 15.3. The van der Waals surface area contributed by atoms with E-state index < -0.39 is 17.9 Å². The Morgan fingerprint density at radius 3 is 2.73 bits per heavy atom. The highest BCUT2D eigenvalue weighted by molar-refractivity contribution is 5.98. The first-order valence-corrected chi connectivity index (χ1v) is 9.67. The number of carbonyl (C=O) groups excluding carboxylic acids is 2. The van der Waals surface area contributed by atoms with Crippen molar-refractivity contribution in [2.24, 2.45) is 16.9 Å². The van der Waals surface area contributed by atoms with Crippen LogP contribution in [-0.2, 0) is 14.4 Å². The number of nitrogens with zero attached hydrogens (tertiary/aromatic N) is 2. The highest BCUT2D eigenvalue weighted by atomic mass is 16.4. The van der Waals surface area contributed by atoms with Crippen LogP contribution in [0.25, 0.3) is 0 Å². The van der Waals surface area contributed by atoms with Crippen molar-refractivity contribution in [2.45, 2.75) is 31.7 Å². The second kappa shape index (κ2) is 9.73. The van der Waals surface area contributed by atoms with E-state index in [1.165, 1.54) is 12.5 Å². The number of benzene rings is 1. The van der Waals surface area contributed by atoms with Crippen molar-refractivity contribution in [3.8, 4) is 0 Å². The molecule has 2 aromatic rings. The highest BCUT2D eigenvalue weighted by Crippen LogP contribution is 2.27. The average molecular weight is 412 g/mol. The molecular formula is C21H24N4O5. The number of rotatable bonds is 8. The minimum absolute atomic E-state index is 0.00985. The number of carbonyl (C=O) groups is 3. The number of nitrogens with one attached hydrogen (secondary N) is 1. The SMILES string of the molecule is NN=Cc1ccc(N2CCCC(CC(=O)NC(CC(=O)O)c3ccco3)C2=O)cc1. The third-order valence-electron chi connectivity index (χ3n) is 5.01. The van der Waals surface area contributed by atoms with E-state index >= 15 is 0 Å². The lowest BCUT2D eigenvalue weighted by atomic mass is 9.92. The van der Waals surface area contributed by atoms with Gasteiger partial charge in [0.15, 0.2) is 0 Å². The first-order chi connectivity index (χ1) is 14.5. The topological polar surface area (TPSA) is 138 Å². The number of anilines is 1. The van der Waals surface area contributed by atoms with Gasteiger partial charge in [0.1, 0.15) is 5.76 Å². The lowest BCUT2D eigenvalue weighted by molar-refractivity contribution is -0.138. The molecule has 2 unspecified atom stereocenters. The summed E-state index contributed by atoms with van der Waals surface area (Å²) in [6, 6.07) is 9.72. The molecule has 2 atom stereocenters. The van der Waals surface area contributed by atoms with Crippen molar-refractivity contribution in [3.63, 3.8) is 0 Å². The summed E-state index contributed by atoms with van der Waals surface area (Å²) in [5.41, 5.74) is 1.57. The lowest BCUT2D eigenvalue weighted by Gasteiger charge is -2.32. The number of piperidine rings is 1. The minimum atomic E-state index is -1.06. The van der Waals surface area contributed by atoms with Crippen LogP contribution in [0, 0.1) is 5.92 Å². The Labute approximate surface area is 173 Å². The Morgan fingerprint density at radius 2 is 2.10 bits per heavy atom. The van der Waals surface area contributed by atoms with Crippen LogP contribution < -0.4 is 16.1 Å². The van der Waals surface area contributed by atoms with E-state index in [0.29, 0.717) is 18.7 Å². The number of hydrazone groups is 1. The maximum absolute atomic E-state index is 13.0. The van der Waals surface area contributed by atoms with Crippen LogP contribution >= 0.6 is 0 Å². The van der Waals surface area contributed by atoms with E-state index in [9.17, 15) is 14.4 Å². The molecule has 1 aliphatic rings. The van der Waals surface area contributed by atoms with Gasteiger partial charge in [-0.2, -0.15) is 5.10 Å². The first kappa shape index (κ1) is 21.1. The second-order valence-electron chi connectivity index (χ2n) is 7.14. The van der Waals surface area contributed by atoms with E-state index in [-0.39, 0.29) is 24.7 Å². The van der Waals surface area contributed by atoms with Crippen LogP contribution in [0.5, 0.6) is 0 Å². The quantitative estimate of drug-likeness (QED) is 0.345. The summed E-state index contributed by atoms with van der Waals surface area (Å²) in [4.78, 5) is 38.3. The van der Waals surface area contributed by atoms with Crippen LogP contribution in [0.1, 0.15) is 43.0 Å². The van der Waals surface area contributed by atoms with Crippen LogP contribution in [0.4, 0.5) is 5.69 Å². The number of amides is 2. The molecule has 2 amide bonds. The van der Waals surface area contributed by atoms with Gasteiger partial charge in [-0.05, 0) is 42.7 Å². The van der Waals surface area contributed by atoms with Crippen molar-refractivity contribution in [1.82, 2.24) is 5.32 Å². The van der Waals surface area contributed by atoms with Crippen molar-refractivity contribution in [1.29, 1.82) is 0 Å². The Bertz CT molecular complexity index is 908. The molecule has 1 saturated heterocycles. The molecule has 9 nitrogen and oxygen atoms in total. The number of hydrogen-bond acceptors (Lipinski definition) is 6. The zero-order chi connectivity index (χ0) is 21.5. The van der Waals surface area contributed by atoms with E-state index in [4.69, 9.17) is 15.4 Å². The molecule has 0 aliphatic carbocycles. The molecule has 4 N–H and O–H groups in total. The third-order valence-corrected chi connectivity index (χ3v) is 5.01. The Balaban J connectivity index is 1.64. The van der Waals surface area contributed by atoms with Crippen LogP contribution in [0.15, 0.2) is 52.2 Å². The molecule has 9 heteroatoms. The molecule has 0 spiro atoms. The largest absolute Gasteiger partial charge is 0.481 e. The average Bonchev–Trinajstić information content (AvgIpc) is 3.25. The van der Waals surface area contributed by atoms with Gasteiger partial charge in [0.05, 0.1) is 24.9 Å². The molecule has 1 aliphatic heterocycles. The smallest absolute Gasteiger partial charge is 0.305 e. The van der Waals surface area contributed by atoms with Gasteiger partial charge in [0.25, 0.3) is 0 Å². The highest BCUT2D eigenvalue weighted by Gasteiger charge is 2.32. The maximum Gasteiger partial charge on any atom is 0.305 e. The maximum atomic E-state index is 13.0. The summed E-state index contributed by atoms with van der Waals surface area (Å²) in [7, 11) is 0. The molecule has 0 bridgehead atoms. The third kappa shape index (κ3) is 5.25. The molecule has 2 heterocycles. The Kier molecular flexibility index (Phi) is 6.84. The van der Waals surface area contributed by atoms with Gasteiger partial charge in [-0.1, -0.05) is 12.1 Å². The van der Waals surface area contributed by atoms with Gasteiger partial charge in [-0.3, -0.25) is 14.4 Å². The molecule has 3 rings (SSSR count). The number of carboxylic acid groups (broad SMARTS) is 1. The summed E-state index contributed by atoms with van der Waals surface area (Å²) >= 11 is 0. The van der Waals surface area contributed by atoms with Crippen LogP contribution in [0.3, 0.4) is 0 Å². The number of aliphatic carboxylic acids is 1. The van der Waals surface area contributed by atoms with Gasteiger partial charge < -0.3 is 25.6 Å². The van der Waals surface area contributed by atoms with Crippen LogP contribution in [0.2, 0.25) is 0 Å². The van der Waals surface area contributed by atoms with E-state index in [1.807, 2.05) is 24.3 Å². The number of carboxylic acids is 1. The standard InChI is InChI=1S/C21H24N4O5/c22-23-13-14-5-7-16(8-6-14)25-9-1-3-15(21(25)29)11-19(26)24-17(12-20(27)28)18-4-2-10-30-18/h2,4-8,10,13,15,17H,1,3,9,11-12,22H2,(H,24,26)(H,27,28). The van der Waals surface area contributed by atoms with Crippen molar-refractivity contribution in [3.05, 3.63) is 54.0 Å². The Hall–Kier alpha value is -3.62. The fraction of sp³-hybridized carbons (Fsp3) is 0.333. The molecule has 1 aromatic heterocycles. The molecule has 1 aromatic carbocycles. The molecule has 0 radical (unpaired) electrons. The number of nitrogens with two attached hydrogens (primary N) is 1. The van der Waals surface area contributed by atoms with Gasteiger partial charge in [0.2, 0.25) is 11.8 Å². The molecule has 158 valence electrons. The van der Waals surface area contributed by atoms with Gasteiger partial charge >= 0.3 is 5.97 Å². The lowest BCUT2D eigenvalue weighted by Crippen LogP contribution is -2.43. The Morgan fingerprint density at radius 1 is 1.33 bits per heavy atom. The first-order valence-electron chi connectivity index (χ1n) is 9.67. The van der Waals surface area contributed by atoms with E-state index in [2.05, 4.69) is 10.4 Å². The van der Waals surface area contributed by atoms with E-state index in [1.54, 1.807) is 17.0 Å². The van der Waals surface area contributed by atoms with Crippen molar-refractivity contribution < 1.29 is 23.9 Å². The zero-order valence-electron chi connectivity index (χ0n) is 16.4. The van der Waals surface area contributed by atoms with Crippen molar-refractivity contribution in [2.75, 3.05) is 11.4 Å². The molecule has 1 fully saturated rings. The summed E-state index contributed by atoms with van der Waals surface area (Å²) in [5.74, 6) is 3.49.